The van der Waals surface area contributed by atoms with E-state index in [0.29, 0.717) is 0 Å². The van der Waals surface area contributed by atoms with Gasteiger partial charge in [0.2, 0.25) is 0 Å². The monoisotopic (exact) mass is 252 g/mol. The molecule has 0 atom stereocenters. The van der Waals surface area contributed by atoms with Gasteiger partial charge in [0.15, 0.2) is 0 Å². The van der Waals surface area contributed by atoms with Crippen molar-refractivity contribution in [3.8, 4) is 24.2 Å². The largest absolute Gasteiger partial charge is 0.115 e. The zero-order valence-electron chi connectivity index (χ0n) is 10.9. The second-order valence-electron chi connectivity index (χ2n) is 4.47. The van der Waals surface area contributed by atoms with Crippen LogP contribution in [0.3, 0.4) is 0 Å². The van der Waals surface area contributed by atoms with Crippen LogP contribution in [0.1, 0.15) is 16.7 Å². The van der Waals surface area contributed by atoms with E-state index in [-0.39, 0.29) is 0 Å². The Morgan fingerprint density at radius 1 is 0.700 bits per heavy atom. The summed E-state index contributed by atoms with van der Waals surface area (Å²) in [7, 11) is 0. The van der Waals surface area contributed by atoms with E-state index in [1.165, 1.54) is 0 Å². The van der Waals surface area contributed by atoms with Crippen LogP contribution >= 0.6 is 0 Å². The van der Waals surface area contributed by atoms with Gasteiger partial charge in [-0.15, -0.1) is 6.42 Å². The molecule has 0 fully saturated rings. The molecule has 20 heavy (non-hydrogen) atoms. The third-order valence-electron chi connectivity index (χ3n) is 3.19. The van der Waals surface area contributed by atoms with Crippen LogP contribution in [-0.4, -0.2) is 0 Å². The zero-order chi connectivity index (χ0) is 13.8. The number of fused-ring (bicyclic) bond motifs is 1. The first-order valence-corrected chi connectivity index (χ1v) is 6.44. The number of benzene rings is 3. The van der Waals surface area contributed by atoms with Crippen LogP contribution in [0.5, 0.6) is 0 Å². The van der Waals surface area contributed by atoms with Crippen LogP contribution in [0.2, 0.25) is 0 Å². The highest BCUT2D eigenvalue weighted by Gasteiger charge is 2.03. The summed E-state index contributed by atoms with van der Waals surface area (Å²) in [5.74, 6) is 9.13. The fourth-order valence-electron chi connectivity index (χ4n) is 2.18. The lowest BCUT2D eigenvalue weighted by Gasteiger charge is -2.03. The van der Waals surface area contributed by atoms with Gasteiger partial charge in [0, 0.05) is 16.7 Å². The first kappa shape index (κ1) is 12.1. The molecule has 0 aliphatic rings. The maximum Gasteiger partial charge on any atom is 0.0483 e. The van der Waals surface area contributed by atoms with Crippen molar-refractivity contribution in [2.45, 2.75) is 0 Å². The van der Waals surface area contributed by atoms with E-state index in [2.05, 4.69) is 29.9 Å². The lowest BCUT2D eigenvalue weighted by molar-refractivity contribution is 1.62. The van der Waals surface area contributed by atoms with Gasteiger partial charge in [-0.2, -0.15) is 0 Å². The van der Waals surface area contributed by atoms with Gasteiger partial charge in [-0.25, -0.2) is 0 Å². The maximum atomic E-state index is 5.59. The number of terminal acetylenes is 1. The summed E-state index contributed by atoms with van der Waals surface area (Å²) < 4.78 is 0. The second-order valence-corrected chi connectivity index (χ2v) is 4.47. The molecule has 0 aliphatic carbocycles. The van der Waals surface area contributed by atoms with Crippen LogP contribution in [0, 0.1) is 24.2 Å². The summed E-state index contributed by atoms with van der Waals surface area (Å²) >= 11 is 0. The van der Waals surface area contributed by atoms with E-state index in [1.807, 2.05) is 54.6 Å². The minimum absolute atomic E-state index is 0.840. The van der Waals surface area contributed by atoms with E-state index in [9.17, 15) is 0 Å². The molecule has 0 aliphatic heterocycles. The van der Waals surface area contributed by atoms with Crippen molar-refractivity contribution in [2.24, 2.45) is 0 Å². The Hall–Kier alpha value is -2.96. The van der Waals surface area contributed by atoms with Gasteiger partial charge >= 0.3 is 0 Å². The van der Waals surface area contributed by atoms with Gasteiger partial charge in [0.25, 0.3) is 0 Å². The molecule has 0 radical (unpaired) electrons. The SMILES string of the molecule is C#Cc1ccc2ccccc2c1C#Cc1ccccc1. The topological polar surface area (TPSA) is 0 Å². The van der Waals surface area contributed by atoms with Gasteiger partial charge in [-0.05, 0) is 29.0 Å². The minimum Gasteiger partial charge on any atom is -0.115 e. The van der Waals surface area contributed by atoms with Crippen LogP contribution in [0.25, 0.3) is 10.8 Å². The molecular formula is C20H12. The van der Waals surface area contributed by atoms with Gasteiger partial charge in [-0.3, -0.25) is 0 Å². The highest BCUT2D eigenvalue weighted by atomic mass is 14.0. The van der Waals surface area contributed by atoms with Gasteiger partial charge < -0.3 is 0 Å². The van der Waals surface area contributed by atoms with Crippen molar-refractivity contribution >= 4 is 10.8 Å². The summed E-state index contributed by atoms with van der Waals surface area (Å²) in [5, 5.41) is 2.26. The predicted molar refractivity (Wildman–Crippen MR) is 84.3 cm³/mol. The summed E-state index contributed by atoms with van der Waals surface area (Å²) in [6, 6.07) is 22.1. The molecular weight excluding hydrogens is 240 g/mol. The molecule has 3 aromatic rings. The van der Waals surface area contributed by atoms with E-state index < -0.39 is 0 Å². The molecule has 0 aromatic heterocycles. The van der Waals surface area contributed by atoms with Crippen molar-refractivity contribution in [3.05, 3.63) is 83.4 Å². The molecule has 0 saturated heterocycles. The lowest BCUT2D eigenvalue weighted by atomic mass is 9.99. The Balaban J connectivity index is 2.21. The Kier molecular flexibility index (Phi) is 3.24. The van der Waals surface area contributed by atoms with Gasteiger partial charge in [0.05, 0.1) is 0 Å². The maximum absolute atomic E-state index is 5.59. The average molecular weight is 252 g/mol. The quantitative estimate of drug-likeness (QED) is 0.525. The Bertz CT molecular complexity index is 853. The molecule has 0 amide bonds. The second kappa shape index (κ2) is 5.35. The Morgan fingerprint density at radius 3 is 2.25 bits per heavy atom. The molecule has 0 unspecified atom stereocenters. The Labute approximate surface area is 119 Å². The van der Waals surface area contributed by atoms with Gasteiger partial charge in [-0.1, -0.05) is 66.3 Å². The number of rotatable bonds is 0. The van der Waals surface area contributed by atoms with Gasteiger partial charge in [0.1, 0.15) is 0 Å². The normalized spacial score (nSPS) is 9.55. The zero-order valence-corrected chi connectivity index (χ0v) is 10.9. The summed E-state index contributed by atoms with van der Waals surface area (Å²) in [5.41, 5.74) is 2.75. The smallest absolute Gasteiger partial charge is 0.0483 e. The molecule has 92 valence electrons. The summed E-state index contributed by atoms with van der Waals surface area (Å²) in [4.78, 5) is 0. The van der Waals surface area contributed by atoms with Crippen molar-refractivity contribution < 1.29 is 0 Å². The van der Waals surface area contributed by atoms with Crippen molar-refractivity contribution in [1.29, 1.82) is 0 Å². The molecule has 0 nitrogen and oxygen atoms in total. The third-order valence-corrected chi connectivity index (χ3v) is 3.19. The lowest BCUT2D eigenvalue weighted by Crippen LogP contribution is -1.86. The predicted octanol–water partition coefficient (Wildman–Crippen LogP) is 4.22. The molecule has 0 heteroatoms. The number of hydrogen-bond acceptors (Lipinski definition) is 0. The van der Waals surface area contributed by atoms with Crippen molar-refractivity contribution in [2.75, 3.05) is 0 Å². The minimum atomic E-state index is 0.840. The molecule has 3 rings (SSSR count). The first-order valence-electron chi connectivity index (χ1n) is 6.44. The molecule has 3 aromatic carbocycles. The molecule has 0 spiro atoms. The van der Waals surface area contributed by atoms with E-state index in [1.54, 1.807) is 0 Å². The Morgan fingerprint density at radius 2 is 1.45 bits per heavy atom. The van der Waals surface area contributed by atoms with Crippen LogP contribution in [-0.2, 0) is 0 Å². The third kappa shape index (κ3) is 2.28. The standard InChI is InChI=1S/C20H12/c1-2-17-13-14-18-10-6-7-11-19(18)20(17)15-12-16-8-4-3-5-9-16/h1,3-11,13-14H. The average Bonchev–Trinajstić information content (AvgIpc) is 2.53. The summed E-state index contributed by atoms with van der Waals surface area (Å²) in [6.07, 6.45) is 5.59. The molecule has 0 bridgehead atoms. The molecule has 0 saturated carbocycles. The highest BCUT2D eigenvalue weighted by Crippen LogP contribution is 2.21. The first-order chi connectivity index (χ1) is 9.88. The number of hydrogen-bond donors (Lipinski definition) is 0. The fourth-order valence-corrected chi connectivity index (χ4v) is 2.18. The highest BCUT2D eigenvalue weighted by molar-refractivity contribution is 5.90. The van der Waals surface area contributed by atoms with E-state index in [0.717, 1.165) is 27.5 Å². The van der Waals surface area contributed by atoms with E-state index >= 15 is 0 Å². The van der Waals surface area contributed by atoms with E-state index in [4.69, 9.17) is 6.42 Å². The van der Waals surface area contributed by atoms with Crippen molar-refractivity contribution in [3.63, 3.8) is 0 Å². The summed E-state index contributed by atoms with van der Waals surface area (Å²) in [6.45, 7) is 0. The molecule has 0 heterocycles. The molecule has 0 N–H and O–H groups in total. The van der Waals surface area contributed by atoms with Crippen LogP contribution < -0.4 is 0 Å². The van der Waals surface area contributed by atoms with Crippen LogP contribution in [0.15, 0.2) is 66.7 Å². The van der Waals surface area contributed by atoms with Crippen LogP contribution in [0.4, 0.5) is 0 Å². The fraction of sp³-hybridized carbons (Fsp3) is 0. The van der Waals surface area contributed by atoms with Crippen molar-refractivity contribution in [1.82, 2.24) is 0 Å².